The molecule has 7 nitrogen and oxygen atoms in total. The number of hydrogen-bond acceptors (Lipinski definition) is 7. The molecule has 140 valence electrons. The molecule has 0 aromatic carbocycles. The van der Waals surface area contributed by atoms with E-state index in [0.29, 0.717) is 24.7 Å². The number of anilines is 1. The molecule has 1 atom stereocenters. The van der Waals surface area contributed by atoms with Crippen molar-refractivity contribution in [3.8, 4) is 0 Å². The summed E-state index contributed by atoms with van der Waals surface area (Å²) in [6, 6.07) is 7.59. The first kappa shape index (κ1) is 17.8. The Morgan fingerprint density at radius 3 is 2.85 bits per heavy atom. The van der Waals surface area contributed by atoms with Crippen molar-refractivity contribution in [2.45, 2.75) is 25.5 Å². The van der Waals surface area contributed by atoms with Crippen LogP contribution in [-0.4, -0.2) is 51.6 Å². The van der Waals surface area contributed by atoms with Gasteiger partial charge in [0, 0.05) is 13.3 Å². The van der Waals surface area contributed by atoms with Gasteiger partial charge in [-0.1, -0.05) is 6.07 Å². The van der Waals surface area contributed by atoms with Crippen LogP contribution in [0.5, 0.6) is 0 Å². The van der Waals surface area contributed by atoms with Gasteiger partial charge in [0.05, 0.1) is 35.0 Å². The smallest absolute Gasteiger partial charge is 0.274 e. The average Bonchev–Trinajstić information content (AvgIpc) is 3.13. The predicted octanol–water partition coefficient (Wildman–Crippen LogP) is 3.12. The van der Waals surface area contributed by atoms with Crippen molar-refractivity contribution in [1.82, 2.24) is 19.9 Å². The van der Waals surface area contributed by atoms with E-state index in [-0.39, 0.29) is 17.6 Å². The first-order valence-corrected chi connectivity index (χ1v) is 9.64. The number of hydrogen-bond donors (Lipinski definition) is 1. The topological polar surface area (TPSA) is 80.2 Å². The molecule has 0 spiro atoms. The number of carbonyl (C=O) groups excluding carboxylic acids is 1. The van der Waals surface area contributed by atoms with Crippen LogP contribution in [0.25, 0.3) is 10.2 Å². The first-order valence-electron chi connectivity index (χ1n) is 8.76. The molecule has 1 saturated heterocycles. The third-order valence-electron chi connectivity index (χ3n) is 4.81. The summed E-state index contributed by atoms with van der Waals surface area (Å²) >= 11 is 1.48. The van der Waals surface area contributed by atoms with E-state index in [1.165, 1.54) is 11.3 Å². The van der Waals surface area contributed by atoms with Crippen LogP contribution in [-0.2, 0) is 4.74 Å². The molecule has 0 aliphatic carbocycles. The maximum absolute atomic E-state index is 13.0. The van der Waals surface area contributed by atoms with Gasteiger partial charge >= 0.3 is 0 Å². The van der Waals surface area contributed by atoms with Gasteiger partial charge in [-0.05, 0) is 37.4 Å². The minimum absolute atomic E-state index is 0.0778. The SMILES string of the molecule is COC1(C)CN(C(=O)c2nc(N[C@@H](C)c3ccccn3)nc3ccsc23)C1. The summed E-state index contributed by atoms with van der Waals surface area (Å²) in [6.07, 6.45) is 1.75. The van der Waals surface area contributed by atoms with Crippen LogP contribution in [0.2, 0.25) is 0 Å². The van der Waals surface area contributed by atoms with Gasteiger partial charge < -0.3 is 15.0 Å². The normalized spacial score (nSPS) is 16.8. The fourth-order valence-corrected chi connectivity index (χ4v) is 3.97. The van der Waals surface area contributed by atoms with Gasteiger partial charge in [-0.2, -0.15) is 0 Å². The number of nitrogens with one attached hydrogen (secondary N) is 1. The molecule has 4 heterocycles. The number of fused-ring (bicyclic) bond motifs is 1. The van der Waals surface area contributed by atoms with Crippen LogP contribution in [0.3, 0.4) is 0 Å². The second-order valence-corrected chi connectivity index (χ2v) is 7.88. The van der Waals surface area contributed by atoms with Crippen molar-refractivity contribution >= 4 is 33.4 Å². The Labute approximate surface area is 161 Å². The van der Waals surface area contributed by atoms with Gasteiger partial charge in [0.1, 0.15) is 5.60 Å². The predicted molar refractivity (Wildman–Crippen MR) is 105 cm³/mol. The molecule has 1 aliphatic heterocycles. The molecule has 0 saturated carbocycles. The van der Waals surface area contributed by atoms with Crippen molar-refractivity contribution in [3.05, 3.63) is 47.2 Å². The standard InChI is InChI=1S/C19H21N5O2S/c1-12(13-6-4-5-8-20-13)21-18-22-14-7-9-27-16(14)15(23-18)17(25)24-10-19(2,11-24)26-3/h4-9,12H,10-11H2,1-3H3,(H,21,22,23)/t12-/m0/s1. The van der Waals surface area contributed by atoms with E-state index < -0.39 is 0 Å². The Morgan fingerprint density at radius 2 is 2.15 bits per heavy atom. The Kier molecular flexibility index (Phi) is 4.53. The summed E-state index contributed by atoms with van der Waals surface area (Å²) in [5.41, 5.74) is 1.82. The van der Waals surface area contributed by atoms with Crippen LogP contribution in [0.15, 0.2) is 35.8 Å². The van der Waals surface area contributed by atoms with Crippen molar-refractivity contribution in [3.63, 3.8) is 0 Å². The lowest BCUT2D eigenvalue weighted by Crippen LogP contribution is -2.62. The number of rotatable bonds is 5. The molecule has 27 heavy (non-hydrogen) atoms. The van der Waals surface area contributed by atoms with Crippen LogP contribution in [0, 0.1) is 0 Å². The van der Waals surface area contributed by atoms with Crippen molar-refractivity contribution < 1.29 is 9.53 Å². The number of likely N-dealkylation sites (tertiary alicyclic amines) is 1. The summed E-state index contributed by atoms with van der Waals surface area (Å²) in [5, 5.41) is 5.19. The average molecular weight is 383 g/mol. The number of aromatic nitrogens is 3. The number of carbonyl (C=O) groups is 1. The van der Waals surface area contributed by atoms with Crippen LogP contribution in [0.4, 0.5) is 5.95 Å². The van der Waals surface area contributed by atoms with Gasteiger partial charge in [-0.3, -0.25) is 9.78 Å². The minimum Gasteiger partial charge on any atom is -0.375 e. The quantitative estimate of drug-likeness (QED) is 0.729. The molecular formula is C19H21N5O2S. The van der Waals surface area contributed by atoms with Crippen LogP contribution >= 0.6 is 11.3 Å². The molecule has 1 fully saturated rings. The first-order chi connectivity index (χ1) is 13.0. The molecule has 8 heteroatoms. The fourth-order valence-electron chi connectivity index (χ4n) is 3.16. The van der Waals surface area contributed by atoms with E-state index in [2.05, 4.69) is 20.3 Å². The minimum atomic E-state index is -0.272. The van der Waals surface area contributed by atoms with E-state index in [0.717, 1.165) is 15.9 Å². The highest BCUT2D eigenvalue weighted by Gasteiger charge is 2.42. The Bertz CT molecular complexity index is 969. The summed E-state index contributed by atoms with van der Waals surface area (Å²) in [5.74, 6) is 0.338. The number of nitrogens with zero attached hydrogens (tertiary/aromatic N) is 4. The lowest BCUT2D eigenvalue weighted by atomic mass is 9.96. The third kappa shape index (κ3) is 3.38. The Morgan fingerprint density at radius 1 is 1.33 bits per heavy atom. The molecule has 1 aliphatic rings. The number of ether oxygens (including phenoxy) is 1. The maximum Gasteiger partial charge on any atom is 0.274 e. The van der Waals surface area contributed by atoms with Crippen molar-refractivity contribution in [2.75, 3.05) is 25.5 Å². The Balaban J connectivity index is 1.61. The monoisotopic (exact) mass is 383 g/mol. The number of pyridine rings is 1. The zero-order valence-corrected chi connectivity index (χ0v) is 16.3. The molecule has 3 aromatic heterocycles. The Hall–Kier alpha value is -2.58. The molecule has 4 rings (SSSR count). The molecule has 1 N–H and O–H groups in total. The van der Waals surface area contributed by atoms with Gasteiger partial charge in [0.15, 0.2) is 5.69 Å². The van der Waals surface area contributed by atoms with Gasteiger partial charge in [0.2, 0.25) is 5.95 Å². The van der Waals surface area contributed by atoms with Crippen molar-refractivity contribution in [1.29, 1.82) is 0 Å². The summed E-state index contributed by atoms with van der Waals surface area (Å²) in [6.45, 7) is 5.11. The summed E-state index contributed by atoms with van der Waals surface area (Å²) in [7, 11) is 1.67. The van der Waals surface area contributed by atoms with Crippen LogP contribution in [0.1, 0.15) is 36.1 Å². The number of amides is 1. The molecule has 0 radical (unpaired) electrons. The zero-order chi connectivity index (χ0) is 19.0. The van der Waals surface area contributed by atoms with Gasteiger partial charge in [0.25, 0.3) is 5.91 Å². The largest absolute Gasteiger partial charge is 0.375 e. The van der Waals surface area contributed by atoms with Crippen LogP contribution < -0.4 is 5.32 Å². The third-order valence-corrected chi connectivity index (χ3v) is 5.72. The fraction of sp³-hybridized carbons (Fsp3) is 0.368. The van der Waals surface area contributed by atoms with Crippen molar-refractivity contribution in [2.24, 2.45) is 0 Å². The highest BCUT2D eigenvalue weighted by Crippen LogP contribution is 2.30. The molecule has 0 unspecified atom stereocenters. The molecule has 3 aromatic rings. The lowest BCUT2D eigenvalue weighted by Gasteiger charge is -2.46. The zero-order valence-electron chi connectivity index (χ0n) is 15.5. The van der Waals surface area contributed by atoms with E-state index in [4.69, 9.17) is 4.74 Å². The molecule has 1 amide bonds. The second kappa shape index (κ2) is 6.86. The summed E-state index contributed by atoms with van der Waals surface area (Å²) in [4.78, 5) is 28.2. The molecule has 0 bridgehead atoms. The second-order valence-electron chi connectivity index (χ2n) is 6.97. The van der Waals surface area contributed by atoms with E-state index in [1.54, 1.807) is 18.2 Å². The van der Waals surface area contributed by atoms with E-state index >= 15 is 0 Å². The molecular weight excluding hydrogens is 362 g/mol. The summed E-state index contributed by atoms with van der Waals surface area (Å²) < 4.78 is 6.25. The highest BCUT2D eigenvalue weighted by molar-refractivity contribution is 7.17. The van der Waals surface area contributed by atoms with Gasteiger partial charge in [-0.25, -0.2) is 9.97 Å². The lowest BCUT2D eigenvalue weighted by molar-refractivity contribution is -0.0948. The van der Waals surface area contributed by atoms with E-state index in [9.17, 15) is 4.79 Å². The van der Waals surface area contributed by atoms with Gasteiger partial charge in [-0.15, -0.1) is 11.3 Å². The van der Waals surface area contributed by atoms with E-state index in [1.807, 2.05) is 43.5 Å². The maximum atomic E-state index is 13.0. The number of methoxy groups -OCH3 is 1. The highest BCUT2D eigenvalue weighted by atomic mass is 32.1. The number of thiophene rings is 1.